The number of nitrogens with one attached hydrogen (secondary N) is 1. The second-order valence-electron chi connectivity index (χ2n) is 9.85. The van der Waals surface area contributed by atoms with Crippen molar-refractivity contribution in [3.8, 4) is 17.2 Å². The minimum Gasteiger partial charge on any atom is -0.490 e. The standard InChI is InChI=1S/C29H29FN2O5/c1-34-28(33)16-29(19-5-9-26-27(14-19)37-17-36-26)15-21(29)18-4-8-25(22(30)13-18)35-12-10-20-6-7-23-24(32-20)3-2-11-31-23/h4-9,13-14,21,31H,2-3,10-12,15-17H2,1H3. The first kappa shape index (κ1) is 23.6. The fraction of sp³-hybridized carbons (Fsp3) is 0.379. The molecule has 3 heterocycles. The van der Waals surface area contributed by atoms with Crippen molar-refractivity contribution in [2.24, 2.45) is 0 Å². The summed E-state index contributed by atoms with van der Waals surface area (Å²) in [5.74, 6) is 0.822. The molecule has 2 unspecified atom stereocenters. The van der Waals surface area contributed by atoms with Crippen LogP contribution >= 0.6 is 0 Å². The van der Waals surface area contributed by atoms with Crippen LogP contribution in [0.25, 0.3) is 0 Å². The van der Waals surface area contributed by atoms with E-state index in [2.05, 4.69) is 11.4 Å². The quantitative estimate of drug-likeness (QED) is 0.437. The van der Waals surface area contributed by atoms with Crippen LogP contribution in [0.3, 0.4) is 0 Å². The number of halogens is 1. The molecule has 6 rings (SSSR count). The molecule has 1 N–H and O–H groups in total. The number of carbonyl (C=O) groups is 1. The highest BCUT2D eigenvalue weighted by molar-refractivity contribution is 5.73. The lowest BCUT2D eigenvalue weighted by atomic mass is 9.87. The van der Waals surface area contributed by atoms with E-state index in [4.69, 9.17) is 23.9 Å². The number of hydrogen-bond acceptors (Lipinski definition) is 7. The highest BCUT2D eigenvalue weighted by Crippen LogP contribution is 2.63. The highest BCUT2D eigenvalue weighted by Gasteiger charge is 2.57. The van der Waals surface area contributed by atoms with Crippen molar-refractivity contribution in [1.82, 2.24) is 4.98 Å². The normalized spacial score (nSPS) is 21.1. The second-order valence-corrected chi connectivity index (χ2v) is 9.85. The summed E-state index contributed by atoms with van der Waals surface area (Å²) in [5.41, 5.74) is 4.43. The number of hydrogen-bond donors (Lipinski definition) is 1. The third-order valence-corrected chi connectivity index (χ3v) is 7.62. The molecule has 0 saturated heterocycles. The van der Waals surface area contributed by atoms with Crippen molar-refractivity contribution in [2.45, 2.75) is 43.4 Å². The van der Waals surface area contributed by atoms with Crippen molar-refractivity contribution >= 4 is 11.7 Å². The first-order chi connectivity index (χ1) is 18.1. The van der Waals surface area contributed by atoms with E-state index in [1.807, 2.05) is 30.3 Å². The summed E-state index contributed by atoms with van der Waals surface area (Å²) >= 11 is 0. The van der Waals surface area contributed by atoms with Gasteiger partial charge >= 0.3 is 5.97 Å². The minimum atomic E-state index is -0.476. The van der Waals surface area contributed by atoms with Gasteiger partial charge in [-0.25, -0.2) is 4.39 Å². The molecular formula is C29H29FN2O5. The third-order valence-electron chi connectivity index (χ3n) is 7.62. The first-order valence-corrected chi connectivity index (χ1v) is 12.7. The Kier molecular flexibility index (Phi) is 6.10. The van der Waals surface area contributed by atoms with Crippen LogP contribution in [0.5, 0.6) is 17.2 Å². The Morgan fingerprint density at radius 2 is 2.05 bits per heavy atom. The maximum Gasteiger partial charge on any atom is 0.306 e. The summed E-state index contributed by atoms with van der Waals surface area (Å²) in [7, 11) is 1.38. The number of methoxy groups -OCH3 is 1. The maximum atomic E-state index is 15.1. The predicted molar refractivity (Wildman–Crippen MR) is 135 cm³/mol. The fourth-order valence-electron chi connectivity index (χ4n) is 5.53. The van der Waals surface area contributed by atoms with Crippen molar-refractivity contribution < 1.29 is 28.1 Å². The minimum absolute atomic E-state index is 0.0242. The van der Waals surface area contributed by atoms with E-state index >= 15 is 4.39 Å². The van der Waals surface area contributed by atoms with Crippen LogP contribution in [0.4, 0.5) is 10.1 Å². The summed E-state index contributed by atoms with van der Waals surface area (Å²) in [5, 5.41) is 3.36. The van der Waals surface area contributed by atoms with E-state index in [0.717, 1.165) is 47.6 Å². The number of rotatable bonds is 8. The van der Waals surface area contributed by atoms with E-state index in [1.54, 1.807) is 6.07 Å². The molecule has 8 heteroatoms. The number of anilines is 1. The average Bonchev–Trinajstić information content (AvgIpc) is 3.44. The maximum absolute atomic E-state index is 15.1. The zero-order valence-corrected chi connectivity index (χ0v) is 20.7. The Hall–Kier alpha value is -3.81. The zero-order valence-electron chi connectivity index (χ0n) is 20.7. The van der Waals surface area contributed by atoms with Crippen LogP contribution in [0.2, 0.25) is 0 Å². The summed E-state index contributed by atoms with van der Waals surface area (Å²) in [6, 6.07) is 14.9. The van der Waals surface area contributed by atoms with E-state index in [-0.39, 0.29) is 30.9 Å². The number of ether oxygens (including phenoxy) is 4. The SMILES string of the molecule is COC(=O)CC1(c2ccc3c(c2)OCO3)CC1c1ccc(OCCc2ccc3c(n2)CCCN3)c(F)c1. The van der Waals surface area contributed by atoms with Gasteiger partial charge < -0.3 is 24.3 Å². The lowest BCUT2D eigenvalue weighted by molar-refractivity contribution is -0.141. The number of pyridine rings is 1. The molecule has 2 aromatic carbocycles. The molecule has 0 spiro atoms. The van der Waals surface area contributed by atoms with Gasteiger partial charge in [0.25, 0.3) is 0 Å². The number of aryl methyl sites for hydroxylation is 1. The van der Waals surface area contributed by atoms with Crippen molar-refractivity contribution in [2.75, 3.05) is 32.4 Å². The van der Waals surface area contributed by atoms with E-state index in [1.165, 1.54) is 13.2 Å². The molecule has 0 bridgehead atoms. The molecule has 0 amide bonds. The first-order valence-electron chi connectivity index (χ1n) is 12.7. The third kappa shape index (κ3) is 4.56. The van der Waals surface area contributed by atoms with Gasteiger partial charge in [-0.15, -0.1) is 0 Å². The van der Waals surface area contributed by atoms with Gasteiger partial charge in [0.05, 0.1) is 31.5 Å². The molecule has 1 saturated carbocycles. The number of fused-ring (bicyclic) bond motifs is 2. The van der Waals surface area contributed by atoms with Crippen molar-refractivity contribution in [1.29, 1.82) is 0 Å². The topological polar surface area (TPSA) is 78.9 Å². The summed E-state index contributed by atoms with van der Waals surface area (Å²) < 4.78 is 36.8. The van der Waals surface area contributed by atoms with Crippen LogP contribution in [0.15, 0.2) is 48.5 Å². The average molecular weight is 505 g/mol. The van der Waals surface area contributed by atoms with E-state index in [0.29, 0.717) is 30.9 Å². The number of carbonyl (C=O) groups excluding carboxylic acids is 1. The molecule has 1 aromatic heterocycles. The van der Waals surface area contributed by atoms with Gasteiger partial charge in [-0.3, -0.25) is 9.78 Å². The monoisotopic (exact) mass is 504 g/mol. The molecule has 37 heavy (non-hydrogen) atoms. The van der Waals surface area contributed by atoms with Crippen LogP contribution in [0.1, 0.15) is 47.7 Å². The number of aromatic nitrogens is 1. The van der Waals surface area contributed by atoms with Gasteiger partial charge in [-0.1, -0.05) is 12.1 Å². The van der Waals surface area contributed by atoms with Crippen LogP contribution in [-0.4, -0.2) is 38.0 Å². The molecule has 0 radical (unpaired) electrons. The van der Waals surface area contributed by atoms with Gasteiger partial charge in [0.1, 0.15) is 0 Å². The molecule has 2 atom stereocenters. The Morgan fingerprint density at radius 1 is 1.16 bits per heavy atom. The van der Waals surface area contributed by atoms with E-state index in [9.17, 15) is 4.79 Å². The van der Waals surface area contributed by atoms with Gasteiger partial charge in [0.2, 0.25) is 6.79 Å². The fourth-order valence-corrected chi connectivity index (χ4v) is 5.53. The molecule has 192 valence electrons. The van der Waals surface area contributed by atoms with Crippen LogP contribution in [-0.2, 0) is 27.8 Å². The Balaban J connectivity index is 1.15. The van der Waals surface area contributed by atoms with E-state index < -0.39 is 11.2 Å². The van der Waals surface area contributed by atoms with Gasteiger partial charge in [0, 0.05) is 24.1 Å². The number of esters is 1. The van der Waals surface area contributed by atoms with Gasteiger partial charge in [-0.05, 0) is 72.7 Å². The predicted octanol–water partition coefficient (Wildman–Crippen LogP) is 4.92. The Labute approximate surface area is 214 Å². The largest absolute Gasteiger partial charge is 0.490 e. The lowest BCUT2D eigenvalue weighted by Crippen LogP contribution is -2.17. The molecule has 7 nitrogen and oxygen atoms in total. The van der Waals surface area contributed by atoms with Crippen molar-refractivity contribution in [3.63, 3.8) is 0 Å². The Bertz CT molecular complexity index is 1350. The Morgan fingerprint density at radius 3 is 2.92 bits per heavy atom. The van der Waals surface area contributed by atoms with Crippen LogP contribution in [0, 0.1) is 5.82 Å². The lowest BCUT2D eigenvalue weighted by Gasteiger charge is -2.18. The molecule has 3 aliphatic rings. The highest BCUT2D eigenvalue weighted by atomic mass is 19.1. The zero-order chi connectivity index (χ0) is 25.4. The summed E-state index contributed by atoms with van der Waals surface area (Å²) in [4.78, 5) is 17.0. The van der Waals surface area contributed by atoms with Crippen molar-refractivity contribution in [3.05, 3.63) is 76.9 Å². The molecule has 1 aliphatic carbocycles. The number of benzene rings is 2. The summed E-state index contributed by atoms with van der Waals surface area (Å²) in [6.07, 6.45) is 3.56. The second kappa shape index (κ2) is 9.57. The van der Waals surface area contributed by atoms with Gasteiger partial charge in [-0.2, -0.15) is 0 Å². The molecule has 1 fully saturated rings. The summed E-state index contributed by atoms with van der Waals surface area (Å²) in [6.45, 7) is 1.49. The number of nitrogens with zero attached hydrogens (tertiary/aromatic N) is 1. The van der Waals surface area contributed by atoms with Crippen LogP contribution < -0.4 is 19.5 Å². The molecule has 2 aliphatic heterocycles. The van der Waals surface area contributed by atoms with Gasteiger partial charge in [0.15, 0.2) is 23.1 Å². The smallest absolute Gasteiger partial charge is 0.306 e. The molecular weight excluding hydrogens is 475 g/mol. The molecule has 3 aromatic rings.